The summed E-state index contributed by atoms with van der Waals surface area (Å²) in [6, 6.07) is 15.4. The number of carboxylic acid groups (broad SMARTS) is 1. The molecule has 2 aliphatic carbocycles. The molecule has 4 aliphatic rings. The molecule has 6 atom stereocenters. The second kappa shape index (κ2) is 10.8. The van der Waals surface area contributed by atoms with E-state index in [-0.39, 0.29) is 35.6 Å². The SMILES string of the molecule is COc1cc(Br)cc(C2C3=CCC4C(=O)N(c5ccc(C(=O)O)c(O)c5)C(=O)C4C3CC3C(=O)N(c4ccccc4)C(=O)C32C)c1O. The van der Waals surface area contributed by atoms with E-state index in [0.717, 1.165) is 17.0 Å². The van der Waals surface area contributed by atoms with Crippen LogP contribution in [0.2, 0.25) is 0 Å². The van der Waals surface area contributed by atoms with Crippen LogP contribution in [0.5, 0.6) is 17.2 Å². The van der Waals surface area contributed by atoms with Crippen LogP contribution in [0, 0.1) is 29.1 Å². The molecule has 3 aromatic rings. The number of aromatic hydroxyl groups is 2. The number of hydrogen-bond acceptors (Lipinski definition) is 8. The van der Waals surface area contributed by atoms with Gasteiger partial charge in [0.15, 0.2) is 11.5 Å². The fourth-order valence-electron chi connectivity index (χ4n) is 8.25. The Morgan fingerprint density at radius 1 is 0.915 bits per heavy atom. The summed E-state index contributed by atoms with van der Waals surface area (Å²) in [6.45, 7) is 1.72. The molecule has 2 aliphatic heterocycles. The first-order chi connectivity index (χ1) is 22.4. The summed E-state index contributed by atoms with van der Waals surface area (Å²) in [6.07, 6.45) is 2.12. The van der Waals surface area contributed by atoms with Crippen molar-refractivity contribution in [1.29, 1.82) is 0 Å². The quantitative estimate of drug-likeness (QED) is 0.246. The third-order valence-electron chi connectivity index (χ3n) is 10.4. The number of para-hydroxylation sites is 1. The molecule has 0 aromatic heterocycles. The second-order valence-electron chi connectivity index (χ2n) is 12.6. The van der Waals surface area contributed by atoms with Crippen molar-refractivity contribution in [2.24, 2.45) is 29.1 Å². The van der Waals surface area contributed by atoms with Gasteiger partial charge in [0.25, 0.3) is 0 Å². The van der Waals surface area contributed by atoms with Crippen LogP contribution in [0.3, 0.4) is 0 Å². The van der Waals surface area contributed by atoms with Crippen LogP contribution in [-0.2, 0) is 19.2 Å². The van der Waals surface area contributed by atoms with Crippen LogP contribution in [0.25, 0.3) is 0 Å². The second-order valence-corrected chi connectivity index (χ2v) is 13.5. The van der Waals surface area contributed by atoms with E-state index in [9.17, 15) is 39.3 Å². The highest BCUT2D eigenvalue weighted by molar-refractivity contribution is 9.10. The average molecular weight is 702 g/mol. The molecule has 0 bridgehead atoms. The standard InChI is InChI=1S/C35H29BrN2O9/c1-35-24(31(42)38(34(35)46)17-6-4-3-5-7-17)15-22-19(28(35)23-12-16(36)13-26(47-2)29(23)40)10-11-21-27(22)32(43)37(30(21)41)18-8-9-20(33(44)45)25(39)14-18/h3-10,12-14,21-22,24,27-28,39-40H,11,15H2,1-2H3,(H,44,45). The van der Waals surface area contributed by atoms with Gasteiger partial charge in [0.2, 0.25) is 23.6 Å². The summed E-state index contributed by atoms with van der Waals surface area (Å²) in [7, 11) is 1.41. The van der Waals surface area contributed by atoms with Crippen LogP contribution in [0.4, 0.5) is 11.4 Å². The molecule has 3 fully saturated rings. The lowest BCUT2D eigenvalue weighted by atomic mass is 9.51. The molecule has 0 spiro atoms. The van der Waals surface area contributed by atoms with E-state index in [0.29, 0.717) is 21.3 Å². The number of halogens is 1. The lowest BCUT2D eigenvalue weighted by Gasteiger charge is -2.49. The molecule has 6 unspecified atom stereocenters. The Balaban J connectivity index is 1.38. The Hall–Kier alpha value is -4.97. The van der Waals surface area contributed by atoms with E-state index in [4.69, 9.17) is 4.74 Å². The number of methoxy groups -OCH3 is 1. The number of amides is 4. The van der Waals surface area contributed by atoms with E-state index in [1.807, 2.05) is 6.08 Å². The monoisotopic (exact) mass is 700 g/mol. The number of fused-ring (bicyclic) bond motifs is 4. The van der Waals surface area contributed by atoms with Crippen LogP contribution >= 0.6 is 15.9 Å². The zero-order chi connectivity index (χ0) is 33.5. The molecule has 47 heavy (non-hydrogen) atoms. The predicted octanol–water partition coefficient (Wildman–Crippen LogP) is 5.00. The van der Waals surface area contributed by atoms with Gasteiger partial charge in [0.05, 0.1) is 41.7 Å². The minimum atomic E-state index is -1.37. The van der Waals surface area contributed by atoms with Gasteiger partial charge < -0.3 is 20.1 Å². The maximum absolute atomic E-state index is 14.5. The molecule has 4 amide bonds. The van der Waals surface area contributed by atoms with E-state index < -0.39 is 70.4 Å². The number of nitrogens with zero attached hydrogens (tertiary/aromatic N) is 2. The maximum Gasteiger partial charge on any atom is 0.339 e. The van der Waals surface area contributed by atoms with Crippen molar-refractivity contribution >= 4 is 56.9 Å². The number of ether oxygens (including phenoxy) is 1. The van der Waals surface area contributed by atoms with Gasteiger partial charge in [0, 0.05) is 22.0 Å². The number of rotatable bonds is 5. The van der Waals surface area contributed by atoms with Crippen LogP contribution in [0.1, 0.15) is 41.6 Å². The third kappa shape index (κ3) is 4.27. The fourth-order valence-corrected chi connectivity index (χ4v) is 8.70. The summed E-state index contributed by atoms with van der Waals surface area (Å²) in [5, 5.41) is 31.2. The van der Waals surface area contributed by atoms with Gasteiger partial charge >= 0.3 is 5.97 Å². The topological polar surface area (TPSA) is 162 Å². The summed E-state index contributed by atoms with van der Waals surface area (Å²) in [4.78, 5) is 70.5. The fraction of sp³-hybridized carbons (Fsp3) is 0.286. The minimum Gasteiger partial charge on any atom is -0.507 e. The lowest BCUT2D eigenvalue weighted by Crippen LogP contribution is -2.49. The van der Waals surface area contributed by atoms with Gasteiger partial charge in [-0.1, -0.05) is 45.8 Å². The van der Waals surface area contributed by atoms with E-state index in [1.165, 1.54) is 18.1 Å². The van der Waals surface area contributed by atoms with Crippen LogP contribution < -0.4 is 14.5 Å². The number of carbonyl (C=O) groups is 5. The highest BCUT2D eigenvalue weighted by Crippen LogP contribution is 2.65. The maximum atomic E-state index is 14.5. The summed E-state index contributed by atoms with van der Waals surface area (Å²) in [5.74, 6) is -8.02. The normalized spacial score (nSPS) is 28.1. The first kappa shape index (κ1) is 30.7. The molecule has 2 heterocycles. The number of benzene rings is 3. The molecule has 7 rings (SSSR count). The third-order valence-corrected chi connectivity index (χ3v) is 10.8. The van der Waals surface area contributed by atoms with Crippen molar-refractivity contribution in [2.45, 2.75) is 25.7 Å². The van der Waals surface area contributed by atoms with Crippen molar-refractivity contribution in [1.82, 2.24) is 0 Å². The van der Waals surface area contributed by atoms with Crippen molar-refractivity contribution in [3.63, 3.8) is 0 Å². The van der Waals surface area contributed by atoms with Crippen molar-refractivity contribution in [3.05, 3.63) is 87.9 Å². The van der Waals surface area contributed by atoms with Crippen molar-refractivity contribution in [2.75, 3.05) is 16.9 Å². The number of carbonyl (C=O) groups excluding carboxylic acids is 4. The van der Waals surface area contributed by atoms with E-state index in [1.54, 1.807) is 49.4 Å². The van der Waals surface area contributed by atoms with Gasteiger partial charge in [-0.05, 0) is 62.1 Å². The number of carboxylic acids is 1. The van der Waals surface area contributed by atoms with Gasteiger partial charge in [-0.25, -0.2) is 14.6 Å². The minimum absolute atomic E-state index is 0.0346. The Kier molecular flexibility index (Phi) is 7.05. The molecule has 0 radical (unpaired) electrons. The highest BCUT2D eigenvalue weighted by atomic mass is 79.9. The Morgan fingerprint density at radius 2 is 1.64 bits per heavy atom. The zero-order valence-electron chi connectivity index (χ0n) is 25.2. The van der Waals surface area contributed by atoms with Gasteiger partial charge in [-0.2, -0.15) is 0 Å². The highest BCUT2D eigenvalue weighted by Gasteiger charge is 2.68. The number of aromatic carboxylic acids is 1. The first-order valence-electron chi connectivity index (χ1n) is 15.0. The van der Waals surface area contributed by atoms with E-state index in [2.05, 4.69) is 15.9 Å². The molecule has 2 saturated heterocycles. The number of allylic oxidation sites excluding steroid dienone is 2. The number of hydrogen-bond donors (Lipinski definition) is 3. The number of imide groups is 2. The number of anilines is 2. The average Bonchev–Trinajstić information content (AvgIpc) is 3.41. The molecular formula is C35H29BrN2O9. The van der Waals surface area contributed by atoms with Crippen molar-refractivity contribution in [3.8, 4) is 17.2 Å². The molecular weight excluding hydrogens is 672 g/mol. The Morgan fingerprint density at radius 3 is 2.30 bits per heavy atom. The molecule has 1 saturated carbocycles. The zero-order valence-corrected chi connectivity index (χ0v) is 26.8. The number of phenolic OH excluding ortho intramolecular Hbond substituents is 1. The van der Waals surface area contributed by atoms with Gasteiger partial charge in [-0.3, -0.25) is 19.2 Å². The Bertz CT molecular complexity index is 1940. The van der Waals surface area contributed by atoms with E-state index >= 15 is 0 Å². The van der Waals surface area contributed by atoms with Crippen LogP contribution in [0.15, 0.2) is 76.8 Å². The predicted molar refractivity (Wildman–Crippen MR) is 171 cm³/mol. The van der Waals surface area contributed by atoms with Gasteiger partial charge in [0.1, 0.15) is 11.3 Å². The first-order valence-corrected chi connectivity index (χ1v) is 15.8. The van der Waals surface area contributed by atoms with Crippen molar-refractivity contribution < 1.29 is 44.0 Å². The summed E-state index contributed by atoms with van der Waals surface area (Å²) < 4.78 is 6.02. The number of phenols is 2. The summed E-state index contributed by atoms with van der Waals surface area (Å²) in [5.41, 5.74) is -0.284. The molecule has 3 N–H and O–H groups in total. The Labute approximate surface area is 277 Å². The summed E-state index contributed by atoms with van der Waals surface area (Å²) >= 11 is 3.49. The molecule has 11 nitrogen and oxygen atoms in total. The molecule has 3 aromatic carbocycles. The molecule has 12 heteroatoms. The largest absolute Gasteiger partial charge is 0.507 e. The lowest BCUT2D eigenvalue weighted by molar-refractivity contribution is -0.131. The smallest absolute Gasteiger partial charge is 0.339 e. The van der Waals surface area contributed by atoms with Gasteiger partial charge in [-0.15, -0.1) is 0 Å². The van der Waals surface area contributed by atoms with Crippen LogP contribution in [-0.4, -0.2) is 52.0 Å². The molecule has 240 valence electrons.